The molecule has 0 aliphatic heterocycles. The number of phosphoric acid groups is 1. The molecule has 9 nitrogen and oxygen atoms in total. The van der Waals surface area contributed by atoms with Gasteiger partial charge >= 0.3 is 19.8 Å². The molecule has 0 amide bonds. The minimum absolute atomic E-state index is 0.0329. The maximum Gasteiger partial charge on any atom is 0.472 e. The summed E-state index contributed by atoms with van der Waals surface area (Å²) in [5, 5.41) is 0. The molecule has 0 radical (unpaired) electrons. The third-order valence-electron chi connectivity index (χ3n) is 8.80. The summed E-state index contributed by atoms with van der Waals surface area (Å²) in [7, 11) is 1.48. The van der Waals surface area contributed by atoms with Crippen molar-refractivity contribution in [1.82, 2.24) is 0 Å². The first-order chi connectivity index (χ1) is 24.0. The lowest BCUT2D eigenvalue weighted by Gasteiger charge is -2.24. The van der Waals surface area contributed by atoms with Gasteiger partial charge in [0.05, 0.1) is 27.7 Å². The van der Waals surface area contributed by atoms with E-state index in [0.29, 0.717) is 23.9 Å². The third-order valence-corrected chi connectivity index (χ3v) is 9.78. The van der Waals surface area contributed by atoms with Gasteiger partial charge in [-0.15, -0.1) is 0 Å². The first-order valence-corrected chi connectivity index (χ1v) is 21.9. The highest BCUT2D eigenvalue weighted by molar-refractivity contribution is 7.47. The molecule has 1 unspecified atom stereocenters. The van der Waals surface area contributed by atoms with Gasteiger partial charge in [-0.1, -0.05) is 142 Å². The minimum atomic E-state index is -4.36. The van der Waals surface area contributed by atoms with Gasteiger partial charge in [0.25, 0.3) is 0 Å². The molecule has 0 aromatic carbocycles. The summed E-state index contributed by atoms with van der Waals surface area (Å²) < 4.78 is 34.2. The fraction of sp³-hybridized carbons (Fsp3) is 0.900. The number of carbonyl (C=O) groups excluding carboxylic acids is 2. The number of quaternary nitrogens is 1. The zero-order valence-corrected chi connectivity index (χ0v) is 34.0. The second-order valence-electron chi connectivity index (χ2n) is 15.0. The number of likely N-dealkylation sites (N-methyl/N-ethyl adjacent to an activating group) is 1. The average molecular weight is 733 g/mol. The van der Waals surface area contributed by atoms with Crippen molar-refractivity contribution in [3.8, 4) is 0 Å². The molecule has 0 aliphatic carbocycles. The van der Waals surface area contributed by atoms with Gasteiger partial charge in [0.2, 0.25) is 0 Å². The summed E-state index contributed by atoms with van der Waals surface area (Å²) in [6.45, 7) is 4.40. The largest absolute Gasteiger partial charge is 0.472 e. The fourth-order valence-electron chi connectivity index (χ4n) is 5.54. The molecule has 0 rings (SSSR count). The molecule has 0 bridgehead atoms. The van der Waals surface area contributed by atoms with Gasteiger partial charge in [-0.25, -0.2) is 4.57 Å². The molecule has 0 aliphatic rings. The van der Waals surface area contributed by atoms with Crippen LogP contribution in [-0.4, -0.2) is 74.9 Å². The lowest BCUT2D eigenvalue weighted by atomic mass is 10.0. The van der Waals surface area contributed by atoms with E-state index in [2.05, 4.69) is 26.0 Å². The van der Waals surface area contributed by atoms with E-state index in [4.69, 9.17) is 18.5 Å². The highest BCUT2D eigenvalue weighted by atomic mass is 31.2. The summed E-state index contributed by atoms with van der Waals surface area (Å²) in [4.78, 5) is 35.2. The molecule has 0 aromatic heterocycles. The van der Waals surface area contributed by atoms with Crippen LogP contribution in [-0.2, 0) is 32.7 Å². The summed E-state index contributed by atoms with van der Waals surface area (Å²) in [5.74, 6) is -0.803. The van der Waals surface area contributed by atoms with Gasteiger partial charge < -0.3 is 18.9 Å². The SMILES string of the molecule is CCCCCCC=CCCCCCCCC(=O)O[C@H](COC(=O)CCCCCCCCCCCCCCC)COP(=O)(O)OCC[N+](C)(C)C. The monoisotopic (exact) mass is 733 g/mol. The molecule has 0 spiro atoms. The van der Waals surface area contributed by atoms with Crippen molar-refractivity contribution in [1.29, 1.82) is 0 Å². The predicted molar refractivity (Wildman–Crippen MR) is 206 cm³/mol. The van der Waals surface area contributed by atoms with E-state index in [1.165, 1.54) is 96.3 Å². The topological polar surface area (TPSA) is 108 Å². The summed E-state index contributed by atoms with van der Waals surface area (Å²) in [6.07, 6.45) is 32.5. The van der Waals surface area contributed by atoms with Crippen LogP contribution in [0.1, 0.15) is 181 Å². The Hall–Kier alpha value is -1.25. The van der Waals surface area contributed by atoms with Crippen LogP contribution >= 0.6 is 7.82 Å². The van der Waals surface area contributed by atoms with E-state index in [0.717, 1.165) is 51.4 Å². The maximum atomic E-state index is 12.6. The molecule has 0 saturated carbocycles. The molecular weight excluding hydrogens is 653 g/mol. The molecule has 1 N–H and O–H groups in total. The van der Waals surface area contributed by atoms with Crippen LogP contribution in [0.15, 0.2) is 12.2 Å². The van der Waals surface area contributed by atoms with Crippen LogP contribution in [0.5, 0.6) is 0 Å². The van der Waals surface area contributed by atoms with Crippen LogP contribution in [0.25, 0.3) is 0 Å². The lowest BCUT2D eigenvalue weighted by molar-refractivity contribution is -0.870. The van der Waals surface area contributed by atoms with E-state index in [1.807, 2.05) is 21.1 Å². The van der Waals surface area contributed by atoms with Gasteiger partial charge in [-0.3, -0.25) is 18.6 Å². The Morgan fingerprint density at radius 1 is 0.600 bits per heavy atom. The predicted octanol–water partition coefficient (Wildman–Crippen LogP) is 11.0. The lowest BCUT2D eigenvalue weighted by Crippen LogP contribution is -2.37. The number of esters is 2. The van der Waals surface area contributed by atoms with Crippen molar-refractivity contribution in [3.63, 3.8) is 0 Å². The van der Waals surface area contributed by atoms with Crippen molar-refractivity contribution in [3.05, 3.63) is 12.2 Å². The van der Waals surface area contributed by atoms with Crippen LogP contribution in [0.4, 0.5) is 0 Å². The van der Waals surface area contributed by atoms with E-state index >= 15 is 0 Å². The van der Waals surface area contributed by atoms with E-state index < -0.39 is 26.5 Å². The Morgan fingerprint density at radius 3 is 1.50 bits per heavy atom. The van der Waals surface area contributed by atoms with Gasteiger partial charge in [0, 0.05) is 12.8 Å². The van der Waals surface area contributed by atoms with Crippen LogP contribution in [0, 0.1) is 0 Å². The fourth-order valence-corrected chi connectivity index (χ4v) is 6.28. The number of unbranched alkanes of at least 4 members (excludes halogenated alkanes) is 21. The number of carbonyl (C=O) groups is 2. The summed E-state index contributed by atoms with van der Waals surface area (Å²) in [5.41, 5.74) is 0. The Bertz CT molecular complexity index is 876. The quantitative estimate of drug-likeness (QED) is 0.0221. The minimum Gasteiger partial charge on any atom is -0.462 e. The highest BCUT2D eigenvalue weighted by Crippen LogP contribution is 2.43. The zero-order valence-electron chi connectivity index (χ0n) is 33.1. The van der Waals surface area contributed by atoms with Crippen LogP contribution in [0.3, 0.4) is 0 Å². The van der Waals surface area contributed by atoms with Crippen LogP contribution in [0.2, 0.25) is 0 Å². The third kappa shape index (κ3) is 36.5. The van der Waals surface area contributed by atoms with Gasteiger partial charge in [0.15, 0.2) is 6.10 Å². The number of allylic oxidation sites excluding steroid dienone is 2. The Kier molecular flexibility index (Phi) is 32.7. The average Bonchev–Trinajstić information content (AvgIpc) is 3.06. The molecule has 2 atom stereocenters. The molecule has 0 aromatic rings. The second-order valence-corrected chi connectivity index (χ2v) is 16.5. The van der Waals surface area contributed by atoms with E-state index in [-0.39, 0.29) is 25.6 Å². The van der Waals surface area contributed by atoms with E-state index in [1.54, 1.807) is 0 Å². The van der Waals surface area contributed by atoms with Crippen molar-refractivity contribution in [2.75, 3.05) is 47.5 Å². The standard InChI is InChI=1S/C40H78NO8P/c1-6-8-10-12-14-16-18-20-22-24-26-28-30-32-39(42)46-36-38(37-48-50(44,45)47-35-34-41(3,4)5)49-40(43)33-31-29-27-25-23-21-19-17-15-13-11-9-7-2/h17,19,38H,6-16,18,20-37H2,1-5H3/p+1/t38-/m1/s1. The summed E-state index contributed by atoms with van der Waals surface area (Å²) in [6, 6.07) is 0. The smallest absolute Gasteiger partial charge is 0.462 e. The summed E-state index contributed by atoms with van der Waals surface area (Å²) >= 11 is 0. The first-order valence-electron chi connectivity index (χ1n) is 20.4. The zero-order chi connectivity index (χ0) is 37.2. The normalized spacial score (nSPS) is 13.8. The number of rotatable bonds is 37. The molecular formula is C40H79NO8P+. The number of hydrogen-bond acceptors (Lipinski definition) is 7. The number of hydrogen-bond donors (Lipinski definition) is 1. The van der Waals surface area contributed by atoms with Crippen molar-refractivity contribution in [2.24, 2.45) is 0 Å². The molecule has 0 heterocycles. The van der Waals surface area contributed by atoms with Gasteiger partial charge in [-0.05, 0) is 38.5 Å². The number of nitrogens with zero attached hydrogens (tertiary/aromatic N) is 1. The molecule has 0 fully saturated rings. The molecule has 10 heteroatoms. The van der Waals surface area contributed by atoms with Gasteiger partial charge in [0.1, 0.15) is 19.8 Å². The molecule has 296 valence electrons. The van der Waals surface area contributed by atoms with Crippen LogP contribution < -0.4 is 0 Å². The van der Waals surface area contributed by atoms with Gasteiger partial charge in [-0.2, -0.15) is 0 Å². The molecule has 0 saturated heterocycles. The molecule has 50 heavy (non-hydrogen) atoms. The Labute approximate surface area is 307 Å². The van der Waals surface area contributed by atoms with E-state index in [9.17, 15) is 19.0 Å². The van der Waals surface area contributed by atoms with Crippen molar-refractivity contribution >= 4 is 19.8 Å². The van der Waals surface area contributed by atoms with Crippen molar-refractivity contribution < 1.29 is 42.1 Å². The highest BCUT2D eigenvalue weighted by Gasteiger charge is 2.27. The Morgan fingerprint density at radius 2 is 1.02 bits per heavy atom. The first kappa shape index (κ1) is 48.8. The number of phosphoric ester groups is 1. The van der Waals surface area contributed by atoms with Crippen molar-refractivity contribution in [2.45, 2.75) is 187 Å². The second kappa shape index (κ2) is 33.6. The maximum absolute atomic E-state index is 12.6. The number of ether oxygens (including phenoxy) is 2. The Balaban J connectivity index is 4.40.